The summed E-state index contributed by atoms with van der Waals surface area (Å²) in [5.41, 5.74) is 0.577. The summed E-state index contributed by atoms with van der Waals surface area (Å²) in [7, 11) is 0. The summed E-state index contributed by atoms with van der Waals surface area (Å²) < 4.78 is 43.6. The molecule has 0 saturated carbocycles. The Labute approximate surface area is 252 Å². The van der Waals surface area contributed by atoms with Crippen LogP contribution in [0.25, 0.3) is 0 Å². The number of hydrogen-bond donors (Lipinski definition) is 0. The summed E-state index contributed by atoms with van der Waals surface area (Å²) in [5.74, 6) is -3.42. The number of carbonyl (C=O) groups excluding carboxylic acids is 4. The van der Waals surface area contributed by atoms with E-state index in [9.17, 15) is 19.2 Å². The lowest BCUT2D eigenvalue weighted by Gasteiger charge is -2.42. The molecule has 10 heteroatoms. The zero-order chi connectivity index (χ0) is 30.9. The highest BCUT2D eigenvalue weighted by Gasteiger charge is 2.53. The summed E-state index contributed by atoms with van der Waals surface area (Å²) in [4.78, 5) is 52.1. The van der Waals surface area contributed by atoms with Crippen molar-refractivity contribution in [2.75, 3.05) is 6.61 Å². The highest BCUT2D eigenvalue weighted by molar-refractivity contribution is 5.91. The molecule has 44 heavy (non-hydrogen) atoms. The largest absolute Gasteiger partial charge is 0.459 e. The van der Waals surface area contributed by atoms with Gasteiger partial charge in [-0.2, -0.15) is 0 Å². The number of esters is 4. The van der Waals surface area contributed by atoms with Gasteiger partial charge in [-0.05, 0) is 48.5 Å². The van der Waals surface area contributed by atoms with Crippen LogP contribution in [0, 0.1) is 0 Å². The third-order valence-corrected chi connectivity index (χ3v) is 6.72. The molecule has 0 radical (unpaired) electrons. The van der Waals surface area contributed by atoms with Crippen LogP contribution in [-0.4, -0.2) is 61.3 Å². The Morgan fingerprint density at radius 3 is 1.25 bits per heavy atom. The van der Waals surface area contributed by atoms with Gasteiger partial charge in [0, 0.05) is 0 Å². The van der Waals surface area contributed by atoms with E-state index in [4.69, 9.17) is 23.7 Å². The van der Waals surface area contributed by atoms with Crippen molar-refractivity contribution < 1.29 is 47.3 Å². The number of benzene rings is 4. The molecule has 0 N–H and O–H groups in total. The standard InChI is InChI=1S/C34H27FO9/c35-30-29(44-34(39)25-19-11-4-12-20-25)28(43-33(38)24-17-9-3-10-18-24)27(42-32(37)23-15-7-2-8-16-23)26(41-30)21-40-31(36)22-13-5-1-6-14-22/h1-20,26-30H,21H2/t26-,27+,28+,29-,30-/m1/s1. The molecule has 4 aromatic carbocycles. The summed E-state index contributed by atoms with van der Waals surface area (Å²) >= 11 is 0. The predicted molar refractivity (Wildman–Crippen MR) is 153 cm³/mol. The van der Waals surface area contributed by atoms with Crippen molar-refractivity contribution in [1.82, 2.24) is 0 Å². The minimum absolute atomic E-state index is 0.101. The molecule has 0 bridgehead atoms. The summed E-state index contributed by atoms with van der Waals surface area (Å²) in [6.07, 6.45) is -8.94. The Hall–Kier alpha value is -5.35. The smallest absolute Gasteiger partial charge is 0.338 e. The van der Waals surface area contributed by atoms with Gasteiger partial charge in [0.2, 0.25) is 6.36 Å². The molecule has 9 nitrogen and oxygen atoms in total. The van der Waals surface area contributed by atoms with E-state index in [1.54, 1.807) is 72.8 Å². The van der Waals surface area contributed by atoms with Crippen LogP contribution in [0.15, 0.2) is 121 Å². The Morgan fingerprint density at radius 1 is 0.500 bits per heavy atom. The average molecular weight is 599 g/mol. The van der Waals surface area contributed by atoms with Crippen LogP contribution in [0.1, 0.15) is 41.4 Å². The van der Waals surface area contributed by atoms with Crippen molar-refractivity contribution in [1.29, 1.82) is 0 Å². The zero-order valence-electron chi connectivity index (χ0n) is 23.2. The van der Waals surface area contributed by atoms with Gasteiger partial charge in [0.05, 0.1) is 22.3 Å². The van der Waals surface area contributed by atoms with Gasteiger partial charge >= 0.3 is 23.9 Å². The van der Waals surface area contributed by atoms with Crippen molar-refractivity contribution in [2.45, 2.75) is 30.8 Å². The van der Waals surface area contributed by atoms with Crippen molar-refractivity contribution >= 4 is 23.9 Å². The first-order valence-corrected chi connectivity index (χ1v) is 13.7. The molecule has 224 valence electrons. The molecule has 5 rings (SSSR count). The Balaban J connectivity index is 1.48. The summed E-state index contributed by atoms with van der Waals surface area (Å²) in [6.45, 7) is -0.584. The fraction of sp³-hybridized carbons (Fsp3) is 0.176. The third-order valence-electron chi connectivity index (χ3n) is 6.72. The number of carbonyl (C=O) groups is 4. The lowest BCUT2D eigenvalue weighted by Crippen LogP contribution is -2.61. The molecular weight excluding hydrogens is 571 g/mol. The first-order chi connectivity index (χ1) is 21.4. The van der Waals surface area contributed by atoms with E-state index >= 15 is 4.39 Å². The number of alkyl halides is 1. The maximum atomic E-state index is 15.8. The second kappa shape index (κ2) is 14.2. The molecule has 1 fully saturated rings. The summed E-state index contributed by atoms with van der Waals surface area (Å²) in [6, 6.07) is 31.6. The summed E-state index contributed by atoms with van der Waals surface area (Å²) in [5, 5.41) is 0. The van der Waals surface area contributed by atoms with E-state index in [0.29, 0.717) is 0 Å². The van der Waals surface area contributed by atoms with E-state index < -0.39 is 61.3 Å². The van der Waals surface area contributed by atoms with Crippen LogP contribution >= 0.6 is 0 Å². The van der Waals surface area contributed by atoms with Crippen LogP contribution < -0.4 is 0 Å². The van der Waals surface area contributed by atoms with E-state index in [2.05, 4.69) is 0 Å². The van der Waals surface area contributed by atoms with Gasteiger partial charge in [-0.3, -0.25) is 0 Å². The van der Waals surface area contributed by atoms with Gasteiger partial charge in [0.1, 0.15) is 12.7 Å². The number of hydrogen-bond acceptors (Lipinski definition) is 9. The van der Waals surface area contributed by atoms with Gasteiger partial charge in [-0.25, -0.2) is 23.6 Å². The number of rotatable bonds is 9. The Kier molecular flexibility index (Phi) is 9.73. The molecule has 1 saturated heterocycles. The Bertz CT molecular complexity index is 1570. The fourth-order valence-corrected chi connectivity index (χ4v) is 4.51. The second-order valence-electron chi connectivity index (χ2n) is 9.70. The van der Waals surface area contributed by atoms with Crippen LogP contribution in [0.3, 0.4) is 0 Å². The van der Waals surface area contributed by atoms with Gasteiger partial charge in [-0.1, -0.05) is 72.8 Å². The lowest BCUT2D eigenvalue weighted by atomic mass is 9.98. The monoisotopic (exact) mass is 598 g/mol. The van der Waals surface area contributed by atoms with Crippen molar-refractivity contribution in [3.05, 3.63) is 144 Å². The molecule has 1 heterocycles. The van der Waals surface area contributed by atoms with Crippen LogP contribution in [0.5, 0.6) is 0 Å². The van der Waals surface area contributed by atoms with Crippen LogP contribution in [-0.2, 0) is 23.7 Å². The topological polar surface area (TPSA) is 114 Å². The predicted octanol–water partition coefficient (Wildman–Crippen LogP) is 5.21. The molecule has 0 aromatic heterocycles. The van der Waals surface area contributed by atoms with E-state index in [1.165, 1.54) is 48.5 Å². The normalized spacial score (nSPS) is 21.0. The zero-order valence-corrected chi connectivity index (χ0v) is 23.2. The maximum Gasteiger partial charge on any atom is 0.338 e. The van der Waals surface area contributed by atoms with Crippen molar-refractivity contribution in [2.24, 2.45) is 0 Å². The van der Waals surface area contributed by atoms with Gasteiger partial charge in [0.15, 0.2) is 18.3 Å². The maximum absolute atomic E-state index is 15.8. The first kappa shape index (κ1) is 30.1. The van der Waals surface area contributed by atoms with E-state index in [0.717, 1.165) is 0 Å². The SMILES string of the molecule is O=C(OC[C@H]1O[C@@H](F)[C@H](OC(=O)c2ccccc2)[C@@H](OC(=O)c2ccccc2)[C@H]1OC(=O)c1ccccc1)c1ccccc1. The Morgan fingerprint density at radius 2 is 0.841 bits per heavy atom. The minimum Gasteiger partial charge on any atom is -0.459 e. The third kappa shape index (κ3) is 7.34. The highest BCUT2D eigenvalue weighted by atomic mass is 19.1. The highest BCUT2D eigenvalue weighted by Crippen LogP contribution is 2.31. The van der Waals surface area contributed by atoms with Crippen LogP contribution in [0.4, 0.5) is 4.39 Å². The first-order valence-electron chi connectivity index (χ1n) is 13.7. The number of ether oxygens (including phenoxy) is 5. The molecule has 0 unspecified atom stereocenters. The van der Waals surface area contributed by atoms with Gasteiger partial charge < -0.3 is 23.7 Å². The molecule has 0 spiro atoms. The molecular formula is C34H27FO9. The minimum atomic E-state index is -2.36. The molecule has 0 aliphatic carbocycles. The van der Waals surface area contributed by atoms with E-state index in [-0.39, 0.29) is 22.3 Å². The molecule has 5 atom stereocenters. The quantitative estimate of drug-likeness (QED) is 0.189. The second-order valence-corrected chi connectivity index (χ2v) is 9.70. The molecule has 4 aromatic rings. The van der Waals surface area contributed by atoms with E-state index in [1.807, 2.05) is 0 Å². The van der Waals surface area contributed by atoms with Gasteiger partial charge in [-0.15, -0.1) is 0 Å². The van der Waals surface area contributed by atoms with Crippen molar-refractivity contribution in [3.8, 4) is 0 Å². The number of halogens is 1. The van der Waals surface area contributed by atoms with Crippen LogP contribution in [0.2, 0.25) is 0 Å². The fourth-order valence-electron chi connectivity index (χ4n) is 4.51. The average Bonchev–Trinajstić information content (AvgIpc) is 3.07. The van der Waals surface area contributed by atoms with Gasteiger partial charge in [0.25, 0.3) is 0 Å². The molecule has 0 amide bonds. The van der Waals surface area contributed by atoms with Crippen molar-refractivity contribution in [3.63, 3.8) is 0 Å². The lowest BCUT2D eigenvalue weighted by molar-refractivity contribution is -0.261. The molecule has 1 aliphatic rings. The molecule has 1 aliphatic heterocycles.